The summed E-state index contributed by atoms with van der Waals surface area (Å²) in [6, 6.07) is 20.8. The molecule has 1 fully saturated rings. The Hall–Kier alpha value is -3.40. The molecule has 3 aromatic carbocycles. The standard InChI is InChI=1S/C26H26N2O2/c1-17-13-14-22(20(4)15-17)28-23(29)16-27(24-18(2)9-8-10-19(24)3)26(30)25(28)21-11-6-5-7-12-21/h5-15,25H,16H2,1-4H3. The number of hydrogen-bond acceptors (Lipinski definition) is 2. The van der Waals surface area contributed by atoms with Crippen molar-refractivity contribution in [2.24, 2.45) is 0 Å². The van der Waals surface area contributed by atoms with Crippen LogP contribution in [0.1, 0.15) is 33.9 Å². The lowest BCUT2D eigenvalue weighted by atomic mass is 9.97. The zero-order valence-corrected chi connectivity index (χ0v) is 17.8. The van der Waals surface area contributed by atoms with E-state index < -0.39 is 6.04 Å². The van der Waals surface area contributed by atoms with Crippen molar-refractivity contribution in [3.63, 3.8) is 0 Å². The molecule has 1 unspecified atom stereocenters. The topological polar surface area (TPSA) is 40.6 Å². The number of amides is 2. The van der Waals surface area contributed by atoms with Crippen LogP contribution in [0.5, 0.6) is 0 Å². The minimum atomic E-state index is -0.701. The average molecular weight is 399 g/mol. The Morgan fingerprint density at radius 3 is 2.07 bits per heavy atom. The van der Waals surface area contributed by atoms with Gasteiger partial charge in [-0.3, -0.25) is 14.5 Å². The van der Waals surface area contributed by atoms with Gasteiger partial charge < -0.3 is 4.90 Å². The summed E-state index contributed by atoms with van der Waals surface area (Å²) in [6.45, 7) is 8.00. The number of para-hydroxylation sites is 1. The summed E-state index contributed by atoms with van der Waals surface area (Å²) < 4.78 is 0. The van der Waals surface area contributed by atoms with E-state index in [1.807, 2.05) is 94.4 Å². The summed E-state index contributed by atoms with van der Waals surface area (Å²) in [6.07, 6.45) is 0. The molecule has 0 bridgehead atoms. The van der Waals surface area contributed by atoms with Crippen molar-refractivity contribution in [2.75, 3.05) is 16.3 Å². The molecule has 0 aliphatic carbocycles. The predicted octanol–water partition coefficient (Wildman–Crippen LogP) is 5.04. The van der Waals surface area contributed by atoms with Crippen LogP contribution >= 0.6 is 0 Å². The van der Waals surface area contributed by atoms with Crippen molar-refractivity contribution in [1.29, 1.82) is 0 Å². The Morgan fingerprint density at radius 1 is 0.767 bits per heavy atom. The van der Waals surface area contributed by atoms with Crippen LogP contribution in [0.25, 0.3) is 0 Å². The van der Waals surface area contributed by atoms with Crippen LogP contribution in [0.2, 0.25) is 0 Å². The Bertz CT molecular complexity index is 1100. The van der Waals surface area contributed by atoms with Crippen molar-refractivity contribution in [1.82, 2.24) is 0 Å². The van der Waals surface area contributed by atoms with Crippen LogP contribution in [0.4, 0.5) is 11.4 Å². The van der Waals surface area contributed by atoms with Crippen molar-refractivity contribution in [3.8, 4) is 0 Å². The van der Waals surface area contributed by atoms with Gasteiger partial charge in [-0.1, -0.05) is 66.2 Å². The van der Waals surface area contributed by atoms with Crippen molar-refractivity contribution in [3.05, 3.63) is 94.5 Å². The second kappa shape index (κ2) is 7.79. The summed E-state index contributed by atoms with van der Waals surface area (Å²) in [5.41, 5.74) is 6.52. The fourth-order valence-electron chi connectivity index (χ4n) is 4.39. The number of nitrogens with zero attached hydrogens (tertiary/aromatic N) is 2. The Kier molecular flexibility index (Phi) is 5.17. The lowest BCUT2D eigenvalue weighted by Crippen LogP contribution is -2.56. The van der Waals surface area contributed by atoms with E-state index in [0.717, 1.165) is 39.2 Å². The van der Waals surface area contributed by atoms with Gasteiger partial charge in [0, 0.05) is 5.69 Å². The summed E-state index contributed by atoms with van der Waals surface area (Å²) in [7, 11) is 0. The van der Waals surface area contributed by atoms with Gasteiger partial charge in [-0.15, -0.1) is 0 Å². The van der Waals surface area contributed by atoms with Crippen LogP contribution < -0.4 is 9.80 Å². The van der Waals surface area contributed by atoms with Gasteiger partial charge >= 0.3 is 0 Å². The molecule has 1 aliphatic rings. The van der Waals surface area contributed by atoms with Crippen LogP contribution in [-0.2, 0) is 9.59 Å². The third-order valence-electron chi connectivity index (χ3n) is 5.76. The Labute approximate surface area is 177 Å². The molecule has 4 nitrogen and oxygen atoms in total. The number of anilines is 2. The van der Waals surface area contributed by atoms with Gasteiger partial charge in [-0.25, -0.2) is 0 Å². The van der Waals surface area contributed by atoms with Gasteiger partial charge in [0.1, 0.15) is 12.6 Å². The first-order valence-corrected chi connectivity index (χ1v) is 10.2. The highest BCUT2D eigenvalue weighted by Crippen LogP contribution is 2.37. The molecule has 30 heavy (non-hydrogen) atoms. The van der Waals surface area contributed by atoms with Gasteiger partial charge in [0.15, 0.2) is 0 Å². The van der Waals surface area contributed by atoms with Crippen molar-refractivity contribution in [2.45, 2.75) is 33.7 Å². The van der Waals surface area contributed by atoms with Gasteiger partial charge in [0.2, 0.25) is 5.91 Å². The van der Waals surface area contributed by atoms with Crippen LogP contribution in [0.3, 0.4) is 0 Å². The van der Waals surface area contributed by atoms with Gasteiger partial charge in [-0.2, -0.15) is 0 Å². The Morgan fingerprint density at radius 2 is 1.43 bits per heavy atom. The minimum absolute atomic E-state index is 0.0289. The molecule has 3 aromatic rings. The number of rotatable bonds is 3. The van der Waals surface area contributed by atoms with E-state index in [-0.39, 0.29) is 18.4 Å². The maximum atomic E-state index is 13.9. The first-order chi connectivity index (χ1) is 14.4. The summed E-state index contributed by atoms with van der Waals surface area (Å²) >= 11 is 0. The number of carbonyl (C=O) groups is 2. The van der Waals surface area contributed by atoms with Gasteiger partial charge in [0.25, 0.3) is 5.91 Å². The molecule has 0 aromatic heterocycles. The molecule has 4 heteroatoms. The molecule has 1 atom stereocenters. The highest BCUT2D eigenvalue weighted by Gasteiger charge is 2.42. The monoisotopic (exact) mass is 398 g/mol. The minimum Gasteiger partial charge on any atom is -0.300 e. The molecule has 0 saturated carbocycles. The highest BCUT2D eigenvalue weighted by atomic mass is 16.2. The molecule has 1 heterocycles. The number of carbonyl (C=O) groups excluding carboxylic acids is 2. The number of benzene rings is 3. The average Bonchev–Trinajstić information content (AvgIpc) is 2.71. The number of hydrogen-bond donors (Lipinski definition) is 0. The van der Waals surface area contributed by atoms with E-state index in [1.54, 1.807) is 9.80 Å². The maximum absolute atomic E-state index is 13.9. The Balaban J connectivity index is 1.87. The van der Waals surface area contributed by atoms with Gasteiger partial charge in [-0.05, 0) is 56.0 Å². The van der Waals surface area contributed by atoms with Crippen LogP contribution in [0, 0.1) is 27.7 Å². The van der Waals surface area contributed by atoms with Crippen molar-refractivity contribution >= 4 is 23.2 Å². The molecule has 2 amide bonds. The van der Waals surface area contributed by atoms with Crippen LogP contribution in [0.15, 0.2) is 66.7 Å². The van der Waals surface area contributed by atoms with E-state index in [9.17, 15) is 9.59 Å². The van der Waals surface area contributed by atoms with E-state index in [0.29, 0.717) is 0 Å². The second-order valence-electron chi connectivity index (χ2n) is 8.03. The number of piperazine rings is 1. The normalized spacial score (nSPS) is 16.9. The highest BCUT2D eigenvalue weighted by molar-refractivity contribution is 6.15. The molecule has 152 valence electrons. The summed E-state index contributed by atoms with van der Waals surface area (Å²) in [5, 5.41) is 0. The third-order valence-corrected chi connectivity index (χ3v) is 5.76. The number of aryl methyl sites for hydroxylation is 4. The van der Waals surface area contributed by atoms with E-state index >= 15 is 0 Å². The molecular formula is C26H26N2O2. The second-order valence-corrected chi connectivity index (χ2v) is 8.03. The quantitative estimate of drug-likeness (QED) is 0.620. The SMILES string of the molecule is Cc1ccc(N2C(=O)CN(c3c(C)cccc3C)C(=O)C2c2ccccc2)c(C)c1. The maximum Gasteiger partial charge on any atom is 0.255 e. The summed E-state index contributed by atoms with van der Waals surface area (Å²) in [4.78, 5) is 30.7. The fourth-order valence-corrected chi connectivity index (χ4v) is 4.39. The van der Waals surface area contributed by atoms with E-state index in [4.69, 9.17) is 0 Å². The largest absolute Gasteiger partial charge is 0.300 e. The zero-order chi connectivity index (χ0) is 21.4. The lowest BCUT2D eigenvalue weighted by Gasteiger charge is -2.41. The first kappa shape index (κ1) is 19.9. The molecule has 1 saturated heterocycles. The molecule has 4 rings (SSSR count). The van der Waals surface area contributed by atoms with Crippen molar-refractivity contribution < 1.29 is 9.59 Å². The van der Waals surface area contributed by atoms with Crippen LogP contribution in [-0.4, -0.2) is 18.4 Å². The van der Waals surface area contributed by atoms with E-state index in [1.165, 1.54) is 0 Å². The van der Waals surface area contributed by atoms with E-state index in [2.05, 4.69) is 0 Å². The first-order valence-electron chi connectivity index (χ1n) is 10.2. The molecule has 1 aliphatic heterocycles. The lowest BCUT2D eigenvalue weighted by molar-refractivity contribution is -0.128. The predicted molar refractivity (Wildman–Crippen MR) is 121 cm³/mol. The zero-order valence-electron chi connectivity index (χ0n) is 17.8. The smallest absolute Gasteiger partial charge is 0.255 e. The van der Waals surface area contributed by atoms with Gasteiger partial charge in [0.05, 0.1) is 5.69 Å². The fraction of sp³-hybridized carbons (Fsp3) is 0.231. The molecule has 0 radical (unpaired) electrons. The molecular weight excluding hydrogens is 372 g/mol. The summed E-state index contributed by atoms with van der Waals surface area (Å²) in [5.74, 6) is -0.170. The third kappa shape index (κ3) is 3.39. The molecule has 0 N–H and O–H groups in total. The molecule has 0 spiro atoms.